The number of pyridine rings is 1. The minimum absolute atomic E-state index is 0. The van der Waals surface area contributed by atoms with Crippen LogP contribution >= 0.6 is 34.0 Å². The maximum absolute atomic E-state index is 9.05. The van der Waals surface area contributed by atoms with E-state index >= 15 is 0 Å². The van der Waals surface area contributed by atoms with Crippen molar-refractivity contribution in [2.24, 2.45) is 0 Å². The molecule has 0 atom stereocenters. The normalized spacial score (nSPS) is 8.83. The minimum atomic E-state index is 0. The van der Waals surface area contributed by atoms with Crippen LogP contribution in [0.3, 0.4) is 0 Å². The van der Waals surface area contributed by atoms with Crippen molar-refractivity contribution in [1.82, 2.24) is 9.97 Å². The molecule has 0 aliphatic rings. The fraction of sp³-hybridized carbons (Fsp3) is 0.357. The molecule has 0 unspecified atom stereocenters. The molecule has 0 aliphatic heterocycles. The van der Waals surface area contributed by atoms with Crippen LogP contribution in [0.1, 0.15) is 22.6 Å². The third-order valence-corrected chi connectivity index (χ3v) is 3.20. The Morgan fingerprint density at radius 2 is 1.83 bits per heavy atom. The van der Waals surface area contributed by atoms with Crippen LogP contribution in [0, 0.1) is 13.8 Å². The molecule has 0 radical (unpaired) electrons. The van der Waals surface area contributed by atoms with Gasteiger partial charge in [-0.2, -0.15) is 4.57 Å². The number of aromatic nitrogens is 3. The van der Waals surface area contributed by atoms with E-state index in [4.69, 9.17) is 10.8 Å². The number of anilines is 1. The van der Waals surface area contributed by atoms with E-state index < -0.39 is 0 Å². The van der Waals surface area contributed by atoms with Crippen molar-refractivity contribution in [2.75, 3.05) is 12.3 Å². The summed E-state index contributed by atoms with van der Waals surface area (Å²) in [5.74, 6) is 1.20. The van der Waals surface area contributed by atoms with Gasteiger partial charge in [0.1, 0.15) is 11.6 Å². The molecule has 5 nitrogen and oxygen atoms in total. The molecule has 2 aromatic heterocycles. The van der Waals surface area contributed by atoms with E-state index in [-0.39, 0.29) is 74.5 Å². The monoisotopic (exact) mass is 577 g/mol. The van der Waals surface area contributed by atoms with Crippen molar-refractivity contribution >= 4 is 39.8 Å². The molecule has 9 heteroatoms. The highest BCUT2D eigenvalue weighted by Crippen LogP contribution is 2.08. The predicted molar refractivity (Wildman–Crippen MR) is 93.1 cm³/mol. The van der Waals surface area contributed by atoms with E-state index in [0.717, 1.165) is 16.8 Å². The summed E-state index contributed by atoms with van der Waals surface area (Å²) in [6, 6.07) is 4.00. The second-order valence-electron chi connectivity index (χ2n) is 4.55. The third-order valence-electron chi connectivity index (χ3n) is 3.20. The van der Waals surface area contributed by atoms with Gasteiger partial charge < -0.3 is 44.8 Å². The van der Waals surface area contributed by atoms with Gasteiger partial charge in [-0.3, -0.25) is 0 Å². The van der Waals surface area contributed by atoms with E-state index in [1.165, 1.54) is 0 Å². The fourth-order valence-electron chi connectivity index (χ4n) is 2.05. The van der Waals surface area contributed by atoms with Crippen molar-refractivity contribution < 1.29 is 43.6 Å². The van der Waals surface area contributed by atoms with Crippen molar-refractivity contribution in [3.63, 3.8) is 0 Å². The number of halogens is 4. The summed E-state index contributed by atoms with van der Waals surface area (Å²) < 4.78 is 2.09. The van der Waals surface area contributed by atoms with Gasteiger partial charge in [-0.15, -0.1) is 34.0 Å². The first-order chi connectivity index (χ1) is 9.11. The lowest BCUT2D eigenvalue weighted by molar-refractivity contribution is -0.694. The summed E-state index contributed by atoms with van der Waals surface area (Å²) in [4.78, 5) is 8.35. The zero-order chi connectivity index (χ0) is 13.8. The van der Waals surface area contributed by atoms with Crippen LogP contribution in [0.15, 0.2) is 24.5 Å². The average Bonchev–Trinajstić information content (AvgIpc) is 2.37. The number of aliphatic hydroxyl groups excluding tert-OH is 1. The summed E-state index contributed by atoms with van der Waals surface area (Å²) in [6.45, 7) is 4.65. The zero-order valence-corrected chi connectivity index (χ0v) is 19.5. The molecule has 0 aromatic carbocycles. The lowest BCUT2D eigenvalue weighted by atomic mass is 10.1. The molecule has 132 valence electrons. The molecule has 0 bridgehead atoms. The Bertz CT molecular complexity index is 599. The van der Waals surface area contributed by atoms with Gasteiger partial charge in [0.2, 0.25) is 0 Å². The van der Waals surface area contributed by atoms with Crippen molar-refractivity contribution in [3.05, 3.63) is 47.2 Å². The second-order valence-corrected chi connectivity index (χ2v) is 4.55. The number of nitrogens with zero attached hydrogens (tertiary/aromatic N) is 3. The molecule has 0 spiro atoms. The molecule has 3 N–H and O–H groups in total. The molecule has 2 aromatic rings. The first-order valence-electron chi connectivity index (χ1n) is 6.28. The van der Waals surface area contributed by atoms with Crippen LogP contribution in [0.25, 0.3) is 0 Å². The largest absolute Gasteiger partial charge is 1.00 e. The molecule has 2 heterocycles. The van der Waals surface area contributed by atoms with Crippen LogP contribution in [0.2, 0.25) is 0 Å². The highest BCUT2D eigenvalue weighted by molar-refractivity contribution is 8.93. The molecular weight excluding hydrogens is 560 g/mol. The first-order valence-corrected chi connectivity index (χ1v) is 6.28. The third kappa shape index (κ3) is 7.55. The molecule has 2 rings (SSSR count). The first kappa shape index (κ1) is 27.7. The Morgan fingerprint density at radius 1 is 1.17 bits per heavy atom. The summed E-state index contributed by atoms with van der Waals surface area (Å²) in [5, 5.41) is 9.05. The van der Waals surface area contributed by atoms with Crippen LogP contribution < -0.4 is 44.3 Å². The molecule has 0 amide bonds. The fourth-order valence-corrected chi connectivity index (χ4v) is 2.05. The standard InChI is InChI=1S/C14H19N4O.4BrH/c1-10-12(5-7-19)4-3-6-18(10)9-13-8-16-11(2)17-14(13)15;;;;/h3-4,6,8,19H,5,7,9H2,1-2H3,(H2,15,16,17);4*1H/q+1;;;;/p-2. The smallest absolute Gasteiger partial charge is 0.181 e. The number of rotatable bonds is 4. The average molecular weight is 581 g/mol. The van der Waals surface area contributed by atoms with Crippen molar-refractivity contribution in [1.29, 1.82) is 0 Å². The highest BCUT2D eigenvalue weighted by Gasteiger charge is 2.14. The Morgan fingerprint density at radius 3 is 2.39 bits per heavy atom. The molecule has 0 fully saturated rings. The lowest BCUT2D eigenvalue weighted by Crippen LogP contribution is -3.00. The molecule has 0 saturated carbocycles. The van der Waals surface area contributed by atoms with E-state index in [0.29, 0.717) is 24.6 Å². The Hall–Kier alpha value is -0.0900. The molecule has 0 aliphatic carbocycles. The minimum Gasteiger partial charge on any atom is -1.00 e. The number of nitrogen functional groups attached to an aromatic ring is 1. The number of aliphatic hydroxyl groups is 1. The summed E-state index contributed by atoms with van der Waals surface area (Å²) in [6.07, 6.45) is 4.42. The topological polar surface area (TPSA) is 75.9 Å². The lowest BCUT2D eigenvalue weighted by Gasteiger charge is -2.06. The molecule has 0 saturated heterocycles. The Labute approximate surface area is 178 Å². The Kier molecular flexibility index (Phi) is 16.0. The van der Waals surface area contributed by atoms with Gasteiger partial charge in [0.05, 0.1) is 5.56 Å². The summed E-state index contributed by atoms with van der Waals surface area (Å²) in [5.41, 5.74) is 9.07. The maximum atomic E-state index is 9.05. The highest BCUT2D eigenvalue weighted by atomic mass is 79.9. The zero-order valence-electron chi connectivity index (χ0n) is 12.9. The van der Waals surface area contributed by atoms with Gasteiger partial charge in [-0.25, -0.2) is 9.97 Å². The van der Waals surface area contributed by atoms with Crippen LogP contribution in [0.4, 0.5) is 5.82 Å². The van der Waals surface area contributed by atoms with Gasteiger partial charge in [0, 0.05) is 37.8 Å². The van der Waals surface area contributed by atoms with Gasteiger partial charge in [0.15, 0.2) is 18.4 Å². The molecular formula is C14H21Br4N4O-. The number of hydrogen-bond donors (Lipinski definition) is 2. The molecule has 23 heavy (non-hydrogen) atoms. The van der Waals surface area contributed by atoms with E-state index in [9.17, 15) is 0 Å². The maximum Gasteiger partial charge on any atom is 0.181 e. The van der Waals surface area contributed by atoms with Gasteiger partial charge >= 0.3 is 0 Å². The van der Waals surface area contributed by atoms with E-state index in [1.54, 1.807) is 6.20 Å². The quantitative estimate of drug-likeness (QED) is 0.359. The van der Waals surface area contributed by atoms with Crippen molar-refractivity contribution in [3.8, 4) is 0 Å². The van der Waals surface area contributed by atoms with Crippen LogP contribution in [0.5, 0.6) is 0 Å². The van der Waals surface area contributed by atoms with E-state index in [1.807, 2.05) is 32.2 Å². The van der Waals surface area contributed by atoms with Gasteiger partial charge in [0.25, 0.3) is 0 Å². The second kappa shape index (κ2) is 13.2. The van der Waals surface area contributed by atoms with Crippen LogP contribution in [-0.2, 0) is 13.0 Å². The summed E-state index contributed by atoms with van der Waals surface area (Å²) in [7, 11) is 0. The predicted octanol–water partition coefficient (Wildman–Crippen LogP) is -4.29. The van der Waals surface area contributed by atoms with Gasteiger partial charge in [-0.05, 0) is 13.0 Å². The number of aryl methyl sites for hydroxylation is 1. The number of hydrogen-bond acceptors (Lipinski definition) is 4. The number of nitrogens with two attached hydrogens (primary N) is 1. The van der Waals surface area contributed by atoms with Crippen molar-refractivity contribution in [2.45, 2.75) is 26.8 Å². The summed E-state index contributed by atoms with van der Waals surface area (Å²) >= 11 is 0. The van der Waals surface area contributed by atoms with Crippen LogP contribution in [-0.4, -0.2) is 21.7 Å². The van der Waals surface area contributed by atoms with Gasteiger partial charge in [-0.1, -0.05) is 0 Å². The SMILES string of the molecule is Br.Br.Cc1ncc(C[n+]2cccc(CCO)c2C)c(N)n1.[Br-].[Br-]. The Balaban J connectivity index is -0.000001000. The van der Waals surface area contributed by atoms with E-state index in [2.05, 4.69) is 14.5 Å².